The number of nitrogens with zero attached hydrogens (tertiary/aromatic N) is 1. The summed E-state index contributed by atoms with van der Waals surface area (Å²) in [7, 11) is 0. The molecule has 2 rings (SSSR count). The lowest BCUT2D eigenvalue weighted by Gasteiger charge is -2.30. The summed E-state index contributed by atoms with van der Waals surface area (Å²) in [6.07, 6.45) is 8.73. The second-order valence-corrected chi connectivity index (χ2v) is 6.06. The van der Waals surface area contributed by atoms with Crippen LogP contribution in [-0.4, -0.2) is 50.3 Å². The van der Waals surface area contributed by atoms with E-state index < -0.39 is 0 Å². The van der Waals surface area contributed by atoms with Crippen LogP contribution in [0.5, 0.6) is 0 Å². The Morgan fingerprint density at radius 1 is 1.17 bits per heavy atom. The third-order valence-electron chi connectivity index (χ3n) is 4.41. The molecule has 1 atom stereocenters. The number of rotatable bonds is 6. The summed E-state index contributed by atoms with van der Waals surface area (Å²) >= 11 is 0. The van der Waals surface area contributed by atoms with Gasteiger partial charge in [-0.15, -0.1) is 0 Å². The van der Waals surface area contributed by atoms with E-state index in [2.05, 4.69) is 17.1 Å². The smallest absolute Gasteiger partial charge is 0.0594 e. The molecule has 106 valence electrons. The minimum Gasteiger partial charge on any atom is -0.379 e. The molecule has 1 saturated heterocycles. The van der Waals surface area contributed by atoms with Crippen LogP contribution in [0.25, 0.3) is 0 Å². The van der Waals surface area contributed by atoms with Gasteiger partial charge in [0.25, 0.3) is 0 Å². The number of hydrogen-bond acceptors (Lipinski definition) is 3. The number of ether oxygens (including phenoxy) is 1. The average Bonchev–Trinajstić information content (AvgIpc) is 2.41. The predicted molar refractivity (Wildman–Crippen MR) is 75.9 cm³/mol. The number of morpholine rings is 1. The SMILES string of the molecule is CC(CN1CCOCC1)NCCC1CCCCC1. The summed E-state index contributed by atoms with van der Waals surface area (Å²) < 4.78 is 5.38. The molecule has 3 heteroatoms. The molecule has 1 heterocycles. The minimum absolute atomic E-state index is 0.617. The van der Waals surface area contributed by atoms with Crippen molar-refractivity contribution < 1.29 is 4.74 Å². The third-order valence-corrected chi connectivity index (χ3v) is 4.41. The fourth-order valence-electron chi connectivity index (χ4n) is 3.25. The molecule has 3 nitrogen and oxygen atoms in total. The van der Waals surface area contributed by atoms with E-state index in [1.807, 2.05) is 0 Å². The van der Waals surface area contributed by atoms with Gasteiger partial charge in [0.1, 0.15) is 0 Å². The van der Waals surface area contributed by atoms with Gasteiger partial charge in [-0.1, -0.05) is 32.1 Å². The first-order valence-electron chi connectivity index (χ1n) is 7.88. The quantitative estimate of drug-likeness (QED) is 0.787. The summed E-state index contributed by atoms with van der Waals surface area (Å²) in [5, 5.41) is 3.69. The molecule has 18 heavy (non-hydrogen) atoms. The van der Waals surface area contributed by atoms with Crippen LogP contribution in [-0.2, 0) is 4.74 Å². The maximum Gasteiger partial charge on any atom is 0.0594 e. The maximum absolute atomic E-state index is 5.38. The van der Waals surface area contributed by atoms with Crippen LogP contribution >= 0.6 is 0 Å². The molecular weight excluding hydrogens is 224 g/mol. The van der Waals surface area contributed by atoms with E-state index in [0.29, 0.717) is 6.04 Å². The Balaban J connectivity index is 1.52. The highest BCUT2D eigenvalue weighted by Crippen LogP contribution is 2.25. The number of hydrogen-bond donors (Lipinski definition) is 1. The van der Waals surface area contributed by atoms with Crippen LogP contribution in [0.2, 0.25) is 0 Å². The van der Waals surface area contributed by atoms with Crippen molar-refractivity contribution in [3.63, 3.8) is 0 Å². The first kappa shape index (κ1) is 14.3. The maximum atomic E-state index is 5.38. The Bertz CT molecular complexity index is 211. The van der Waals surface area contributed by atoms with Gasteiger partial charge in [0.05, 0.1) is 13.2 Å². The highest BCUT2D eigenvalue weighted by Gasteiger charge is 2.15. The molecule has 0 bridgehead atoms. The monoisotopic (exact) mass is 254 g/mol. The van der Waals surface area contributed by atoms with E-state index in [1.165, 1.54) is 51.6 Å². The van der Waals surface area contributed by atoms with Gasteiger partial charge >= 0.3 is 0 Å². The molecule has 0 aromatic heterocycles. The van der Waals surface area contributed by atoms with Crippen LogP contribution in [0.1, 0.15) is 45.4 Å². The zero-order chi connectivity index (χ0) is 12.6. The van der Waals surface area contributed by atoms with E-state index in [4.69, 9.17) is 4.74 Å². The molecular formula is C15H30N2O. The van der Waals surface area contributed by atoms with Gasteiger partial charge in [0.15, 0.2) is 0 Å². The van der Waals surface area contributed by atoms with Crippen molar-refractivity contribution >= 4 is 0 Å². The van der Waals surface area contributed by atoms with Gasteiger partial charge < -0.3 is 10.1 Å². The fraction of sp³-hybridized carbons (Fsp3) is 1.00. The summed E-state index contributed by atoms with van der Waals surface area (Å²) in [4.78, 5) is 2.52. The fourth-order valence-corrected chi connectivity index (χ4v) is 3.25. The summed E-state index contributed by atoms with van der Waals surface area (Å²) in [5.41, 5.74) is 0. The van der Waals surface area contributed by atoms with Gasteiger partial charge in [-0.25, -0.2) is 0 Å². The zero-order valence-electron chi connectivity index (χ0n) is 12.0. The van der Waals surface area contributed by atoms with Gasteiger partial charge in [-0.05, 0) is 25.8 Å². The van der Waals surface area contributed by atoms with E-state index in [-0.39, 0.29) is 0 Å². The third kappa shape index (κ3) is 5.25. The molecule has 1 unspecified atom stereocenters. The molecule has 1 N–H and O–H groups in total. The van der Waals surface area contributed by atoms with E-state index >= 15 is 0 Å². The van der Waals surface area contributed by atoms with E-state index in [0.717, 1.165) is 32.2 Å². The first-order valence-corrected chi connectivity index (χ1v) is 7.88. The molecule has 2 fully saturated rings. The molecule has 0 aromatic rings. The largest absolute Gasteiger partial charge is 0.379 e. The first-order chi connectivity index (χ1) is 8.84. The molecule has 0 aromatic carbocycles. The Kier molecular flexibility index (Phi) is 6.46. The number of nitrogens with one attached hydrogen (secondary N) is 1. The summed E-state index contributed by atoms with van der Waals surface area (Å²) in [5.74, 6) is 1.00. The lowest BCUT2D eigenvalue weighted by molar-refractivity contribution is 0.0343. The average molecular weight is 254 g/mol. The van der Waals surface area contributed by atoms with E-state index in [1.54, 1.807) is 0 Å². The van der Waals surface area contributed by atoms with Crippen LogP contribution in [0.15, 0.2) is 0 Å². The van der Waals surface area contributed by atoms with Crippen molar-refractivity contribution in [1.29, 1.82) is 0 Å². The zero-order valence-corrected chi connectivity index (χ0v) is 12.0. The molecule has 1 aliphatic heterocycles. The summed E-state index contributed by atoms with van der Waals surface area (Å²) in [6, 6.07) is 0.617. The molecule has 0 spiro atoms. The van der Waals surface area contributed by atoms with Crippen LogP contribution in [0.4, 0.5) is 0 Å². The normalized spacial score (nSPS) is 25.2. The molecule has 0 radical (unpaired) electrons. The minimum atomic E-state index is 0.617. The van der Waals surface area contributed by atoms with Crippen molar-refractivity contribution in [3.8, 4) is 0 Å². The van der Waals surface area contributed by atoms with Gasteiger partial charge in [0.2, 0.25) is 0 Å². The summed E-state index contributed by atoms with van der Waals surface area (Å²) in [6.45, 7) is 8.73. The molecule has 1 saturated carbocycles. The van der Waals surface area contributed by atoms with Crippen molar-refractivity contribution in [3.05, 3.63) is 0 Å². The topological polar surface area (TPSA) is 24.5 Å². The van der Waals surface area contributed by atoms with Crippen molar-refractivity contribution in [2.45, 2.75) is 51.5 Å². The Morgan fingerprint density at radius 3 is 2.61 bits per heavy atom. The second kappa shape index (κ2) is 8.13. The lowest BCUT2D eigenvalue weighted by Crippen LogP contribution is -2.44. The predicted octanol–water partition coefficient (Wildman–Crippen LogP) is 2.27. The van der Waals surface area contributed by atoms with Gasteiger partial charge in [-0.3, -0.25) is 4.90 Å². The second-order valence-electron chi connectivity index (χ2n) is 6.06. The standard InChI is InChI=1S/C15H30N2O/c1-14(13-17-9-11-18-12-10-17)16-8-7-15-5-3-2-4-6-15/h14-16H,2-13H2,1H3. The van der Waals surface area contributed by atoms with Crippen LogP contribution in [0, 0.1) is 5.92 Å². The molecule has 2 aliphatic rings. The van der Waals surface area contributed by atoms with Crippen molar-refractivity contribution in [2.75, 3.05) is 39.4 Å². The van der Waals surface area contributed by atoms with Gasteiger partial charge in [-0.2, -0.15) is 0 Å². The van der Waals surface area contributed by atoms with Crippen molar-refractivity contribution in [1.82, 2.24) is 10.2 Å². The highest BCUT2D eigenvalue weighted by molar-refractivity contribution is 4.72. The Morgan fingerprint density at radius 2 is 1.89 bits per heavy atom. The van der Waals surface area contributed by atoms with Crippen LogP contribution in [0.3, 0.4) is 0 Å². The van der Waals surface area contributed by atoms with E-state index in [9.17, 15) is 0 Å². The highest BCUT2D eigenvalue weighted by atomic mass is 16.5. The van der Waals surface area contributed by atoms with Crippen LogP contribution < -0.4 is 5.32 Å². The van der Waals surface area contributed by atoms with Gasteiger partial charge in [0, 0.05) is 25.7 Å². The Labute approximate surface area is 112 Å². The molecule has 1 aliphatic carbocycles. The molecule has 0 amide bonds. The Hall–Kier alpha value is -0.120. The lowest BCUT2D eigenvalue weighted by atomic mass is 9.87. The van der Waals surface area contributed by atoms with Crippen molar-refractivity contribution in [2.24, 2.45) is 5.92 Å².